The molecule has 0 unspecified atom stereocenters. The summed E-state index contributed by atoms with van der Waals surface area (Å²) in [6.07, 6.45) is 0. The summed E-state index contributed by atoms with van der Waals surface area (Å²) in [5.74, 6) is -1.65. The highest BCUT2D eigenvalue weighted by atomic mass is 19.3. The molecular formula is C14H14F2NO+. The van der Waals surface area contributed by atoms with Crippen LogP contribution in [0.25, 0.3) is 0 Å². The second-order valence-corrected chi connectivity index (χ2v) is 4.16. The molecule has 0 amide bonds. The van der Waals surface area contributed by atoms with Crippen molar-refractivity contribution in [1.82, 2.24) is 0 Å². The molecule has 94 valence electrons. The lowest BCUT2D eigenvalue weighted by atomic mass is 10.1. The van der Waals surface area contributed by atoms with Crippen LogP contribution in [0.1, 0.15) is 12.5 Å². The second kappa shape index (κ2) is 4.74. The van der Waals surface area contributed by atoms with Gasteiger partial charge >= 0.3 is 0 Å². The van der Waals surface area contributed by atoms with Crippen molar-refractivity contribution >= 4 is 5.69 Å². The molecule has 3 N–H and O–H groups in total. The van der Waals surface area contributed by atoms with Crippen LogP contribution in [0.2, 0.25) is 0 Å². The van der Waals surface area contributed by atoms with E-state index in [1.807, 2.05) is 12.1 Å². The number of quaternary nitrogens is 1. The van der Waals surface area contributed by atoms with Gasteiger partial charge in [-0.1, -0.05) is 0 Å². The minimum atomic E-state index is -2.83. The Morgan fingerprint density at radius 3 is 1.78 bits per heavy atom. The van der Waals surface area contributed by atoms with Crippen molar-refractivity contribution in [3.05, 3.63) is 54.1 Å². The first kappa shape index (κ1) is 12.5. The molecule has 0 saturated carbocycles. The quantitative estimate of drug-likeness (QED) is 0.889. The Balaban J connectivity index is 2.13. The highest BCUT2D eigenvalue weighted by Crippen LogP contribution is 2.29. The number of benzene rings is 2. The average Bonchev–Trinajstić information content (AvgIpc) is 2.32. The molecule has 0 saturated heterocycles. The molecule has 0 aliphatic heterocycles. The summed E-state index contributed by atoms with van der Waals surface area (Å²) in [6.45, 7) is 0.871. The van der Waals surface area contributed by atoms with Crippen LogP contribution in [-0.4, -0.2) is 0 Å². The molecule has 2 aromatic rings. The molecule has 0 aromatic heterocycles. The highest BCUT2D eigenvalue weighted by Gasteiger charge is 2.23. The van der Waals surface area contributed by atoms with Crippen molar-refractivity contribution in [3.63, 3.8) is 0 Å². The average molecular weight is 250 g/mol. The first-order valence-corrected chi connectivity index (χ1v) is 5.53. The molecule has 2 aromatic carbocycles. The molecule has 0 heterocycles. The van der Waals surface area contributed by atoms with Crippen molar-refractivity contribution in [2.45, 2.75) is 12.8 Å². The van der Waals surface area contributed by atoms with Crippen LogP contribution in [-0.2, 0) is 5.92 Å². The van der Waals surface area contributed by atoms with Gasteiger partial charge in [-0.15, -0.1) is 0 Å². The number of alkyl halides is 2. The van der Waals surface area contributed by atoms with Gasteiger partial charge in [-0.3, -0.25) is 0 Å². The largest absolute Gasteiger partial charge is 0.457 e. The van der Waals surface area contributed by atoms with Crippen LogP contribution < -0.4 is 10.5 Å². The van der Waals surface area contributed by atoms with E-state index in [9.17, 15) is 8.78 Å². The van der Waals surface area contributed by atoms with Crippen LogP contribution in [0.5, 0.6) is 11.5 Å². The van der Waals surface area contributed by atoms with Gasteiger partial charge in [0.1, 0.15) is 17.2 Å². The van der Waals surface area contributed by atoms with Crippen molar-refractivity contribution in [2.24, 2.45) is 0 Å². The molecule has 0 radical (unpaired) electrons. The molecule has 0 aliphatic carbocycles. The lowest BCUT2D eigenvalue weighted by molar-refractivity contribution is -0.254. The predicted molar refractivity (Wildman–Crippen MR) is 65.1 cm³/mol. The van der Waals surface area contributed by atoms with E-state index in [0.29, 0.717) is 11.5 Å². The summed E-state index contributed by atoms with van der Waals surface area (Å²) in [4.78, 5) is 0. The summed E-state index contributed by atoms with van der Waals surface area (Å²) in [5.41, 5.74) is 4.64. The summed E-state index contributed by atoms with van der Waals surface area (Å²) in [7, 11) is 0. The van der Waals surface area contributed by atoms with E-state index in [0.717, 1.165) is 12.6 Å². The zero-order valence-corrected chi connectivity index (χ0v) is 9.99. The SMILES string of the molecule is CC(F)(F)c1ccc(Oc2ccc([NH3+])cc2)cc1. The van der Waals surface area contributed by atoms with Gasteiger partial charge in [-0.2, -0.15) is 0 Å². The third-order valence-electron chi connectivity index (χ3n) is 2.52. The topological polar surface area (TPSA) is 36.9 Å². The highest BCUT2D eigenvalue weighted by molar-refractivity contribution is 5.38. The third kappa shape index (κ3) is 3.05. The summed E-state index contributed by atoms with van der Waals surface area (Å²) < 4.78 is 31.5. The van der Waals surface area contributed by atoms with Crippen LogP contribution in [0.3, 0.4) is 0 Å². The molecule has 2 rings (SSSR count). The lowest BCUT2D eigenvalue weighted by Crippen LogP contribution is -2.39. The Morgan fingerprint density at radius 2 is 1.33 bits per heavy atom. The van der Waals surface area contributed by atoms with E-state index in [2.05, 4.69) is 5.73 Å². The third-order valence-corrected chi connectivity index (χ3v) is 2.52. The minimum Gasteiger partial charge on any atom is -0.457 e. The standard InChI is InChI=1S/C14H13F2NO/c1-14(15,16)10-2-6-12(7-3-10)18-13-8-4-11(17)5-9-13/h2-9H,17H2,1H3/p+1. The molecule has 2 nitrogen and oxygen atoms in total. The Hall–Kier alpha value is -1.94. The van der Waals surface area contributed by atoms with Gasteiger partial charge in [0.25, 0.3) is 5.92 Å². The van der Waals surface area contributed by atoms with Crippen molar-refractivity contribution in [3.8, 4) is 11.5 Å². The maximum atomic E-state index is 13.0. The van der Waals surface area contributed by atoms with E-state index < -0.39 is 5.92 Å². The van der Waals surface area contributed by atoms with Crippen LogP contribution >= 0.6 is 0 Å². The molecule has 0 spiro atoms. The molecule has 0 atom stereocenters. The maximum absolute atomic E-state index is 13.0. The molecule has 0 aliphatic rings. The Labute approximate surface area is 104 Å². The van der Waals surface area contributed by atoms with Crippen molar-refractivity contribution in [1.29, 1.82) is 0 Å². The fourth-order valence-corrected chi connectivity index (χ4v) is 1.51. The summed E-state index contributed by atoms with van der Waals surface area (Å²) in [6, 6.07) is 13.0. The first-order valence-electron chi connectivity index (χ1n) is 5.53. The van der Waals surface area contributed by atoms with Gasteiger partial charge in [-0.25, -0.2) is 8.78 Å². The predicted octanol–water partition coefficient (Wildman–Crippen LogP) is 3.46. The summed E-state index contributed by atoms with van der Waals surface area (Å²) >= 11 is 0. The van der Waals surface area contributed by atoms with Crippen LogP contribution in [0.4, 0.5) is 14.5 Å². The van der Waals surface area contributed by atoms with E-state index in [4.69, 9.17) is 4.74 Å². The number of hydrogen-bond donors (Lipinski definition) is 1. The van der Waals surface area contributed by atoms with Gasteiger partial charge in [0, 0.05) is 24.6 Å². The van der Waals surface area contributed by atoms with Gasteiger partial charge < -0.3 is 10.5 Å². The smallest absolute Gasteiger partial charge is 0.270 e. The van der Waals surface area contributed by atoms with Gasteiger partial charge in [0.15, 0.2) is 0 Å². The number of hydrogen-bond acceptors (Lipinski definition) is 1. The van der Waals surface area contributed by atoms with Crippen molar-refractivity contribution < 1.29 is 19.3 Å². The number of ether oxygens (including phenoxy) is 1. The minimum absolute atomic E-state index is 0.0250. The normalized spacial score (nSPS) is 11.3. The zero-order chi connectivity index (χ0) is 13.2. The van der Waals surface area contributed by atoms with Crippen molar-refractivity contribution in [2.75, 3.05) is 0 Å². The fraction of sp³-hybridized carbons (Fsp3) is 0.143. The molecule has 0 bridgehead atoms. The lowest BCUT2D eigenvalue weighted by Gasteiger charge is -2.11. The van der Waals surface area contributed by atoms with Gasteiger partial charge in [0.05, 0.1) is 0 Å². The fourth-order valence-electron chi connectivity index (χ4n) is 1.51. The van der Waals surface area contributed by atoms with Gasteiger partial charge in [-0.05, 0) is 36.4 Å². The van der Waals surface area contributed by atoms with Crippen LogP contribution in [0, 0.1) is 0 Å². The Bertz CT molecular complexity index is 515. The zero-order valence-electron chi connectivity index (χ0n) is 9.99. The number of halogens is 2. The van der Waals surface area contributed by atoms with E-state index >= 15 is 0 Å². The monoisotopic (exact) mass is 250 g/mol. The van der Waals surface area contributed by atoms with E-state index in [1.165, 1.54) is 24.3 Å². The Morgan fingerprint density at radius 1 is 0.889 bits per heavy atom. The van der Waals surface area contributed by atoms with Crippen LogP contribution in [0.15, 0.2) is 48.5 Å². The van der Waals surface area contributed by atoms with E-state index in [-0.39, 0.29) is 5.56 Å². The van der Waals surface area contributed by atoms with Gasteiger partial charge in [0.2, 0.25) is 0 Å². The second-order valence-electron chi connectivity index (χ2n) is 4.16. The Kier molecular flexibility index (Phi) is 3.30. The van der Waals surface area contributed by atoms with E-state index in [1.54, 1.807) is 12.1 Å². The first-order chi connectivity index (χ1) is 8.45. The molecular weight excluding hydrogens is 236 g/mol. The number of rotatable bonds is 3. The summed E-state index contributed by atoms with van der Waals surface area (Å²) in [5, 5.41) is 0. The molecule has 18 heavy (non-hydrogen) atoms. The molecule has 0 fully saturated rings. The molecule has 4 heteroatoms. The maximum Gasteiger partial charge on any atom is 0.270 e.